The Morgan fingerprint density at radius 1 is 1.10 bits per heavy atom. The second kappa shape index (κ2) is 7.47. The summed E-state index contributed by atoms with van der Waals surface area (Å²) < 4.78 is 44.4. The number of hydrogen-bond acceptors (Lipinski definition) is 5. The van der Waals surface area contributed by atoms with Crippen molar-refractivity contribution in [3.05, 3.63) is 66.5 Å². The first kappa shape index (κ1) is 19.4. The van der Waals surface area contributed by atoms with Crippen molar-refractivity contribution >= 4 is 23.4 Å². The van der Waals surface area contributed by atoms with Crippen LogP contribution in [0.5, 0.6) is 5.75 Å². The number of carbonyl (C=O) groups excluding carboxylic acids is 2. The number of hydrogen-bond donors (Lipinski definition) is 1. The second-order valence-electron chi connectivity index (χ2n) is 6.28. The summed E-state index contributed by atoms with van der Waals surface area (Å²) in [7, 11) is 0. The van der Waals surface area contributed by atoms with Crippen LogP contribution in [0.25, 0.3) is 11.3 Å². The SMILES string of the molecule is O=C1COc2ccc(-c3cccc(C(F)(F)F)c3)nc2N1C(=O)Nc1ccncc1. The summed E-state index contributed by atoms with van der Waals surface area (Å²) in [5.41, 5.74) is -0.0935. The van der Waals surface area contributed by atoms with Crippen LogP contribution >= 0.6 is 0 Å². The standard InChI is InChI=1S/C20H13F3N4O3/c21-20(22,23)13-3-1-2-12(10-13)15-4-5-16-18(26-15)27(17(28)11-30-16)19(29)25-14-6-8-24-9-7-14/h1-10H,11H2,(H,24,25,29). The fourth-order valence-corrected chi connectivity index (χ4v) is 2.87. The van der Waals surface area contributed by atoms with Gasteiger partial charge in [-0.25, -0.2) is 14.7 Å². The number of alkyl halides is 3. The maximum Gasteiger partial charge on any atom is 0.416 e. The third-order valence-electron chi connectivity index (χ3n) is 4.27. The fourth-order valence-electron chi connectivity index (χ4n) is 2.87. The van der Waals surface area contributed by atoms with E-state index in [0.717, 1.165) is 17.0 Å². The maximum atomic E-state index is 13.0. The molecule has 0 unspecified atom stereocenters. The summed E-state index contributed by atoms with van der Waals surface area (Å²) in [6.07, 6.45) is -1.58. The molecule has 4 rings (SSSR count). The first-order valence-corrected chi connectivity index (χ1v) is 8.68. The van der Waals surface area contributed by atoms with Gasteiger partial charge in [0.15, 0.2) is 18.2 Å². The van der Waals surface area contributed by atoms with Gasteiger partial charge in [0.2, 0.25) is 0 Å². The van der Waals surface area contributed by atoms with E-state index in [1.165, 1.54) is 48.8 Å². The van der Waals surface area contributed by atoms with E-state index in [1.54, 1.807) is 0 Å². The fraction of sp³-hybridized carbons (Fsp3) is 0.100. The van der Waals surface area contributed by atoms with Gasteiger partial charge in [0.25, 0.3) is 5.91 Å². The zero-order valence-corrected chi connectivity index (χ0v) is 15.2. The number of benzene rings is 1. The van der Waals surface area contributed by atoms with Crippen LogP contribution in [0.3, 0.4) is 0 Å². The van der Waals surface area contributed by atoms with E-state index < -0.39 is 23.7 Å². The van der Waals surface area contributed by atoms with Crippen LogP contribution in [0.15, 0.2) is 60.9 Å². The number of nitrogens with zero attached hydrogens (tertiary/aromatic N) is 3. The molecule has 0 atom stereocenters. The largest absolute Gasteiger partial charge is 0.480 e. The van der Waals surface area contributed by atoms with Gasteiger partial charge in [0.1, 0.15) is 0 Å². The summed E-state index contributed by atoms with van der Waals surface area (Å²) in [5.74, 6) is -0.606. The van der Waals surface area contributed by atoms with Crippen LogP contribution in [-0.2, 0) is 11.0 Å². The van der Waals surface area contributed by atoms with Gasteiger partial charge in [0, 0.05) is 23.6 Å². The molecule has 0 saturated carbocycles. The lowest BCUT2D eigenvalue weighted by Crippen LogP contribution is -2.46. The van der Waals surface area contributed by atoms with Crippen molar-refractivity contribution in [1.82, 2.24) is 9.97 Å². The van der Waals surface area contributed by atoms with Gasteiger partial charge in [-0.2, -0.15) is 13.2 Å². The summed E-state index contributed by atoms with van der Waals surface area (Å²) >= 11 is 0. The smallest absolute Gasteiger partial charge is 0.416 e. The van der Waals surface area contributed by atoms with Crippen molar-refractivity contribution < 1.29 is 27.5 Å². The molecule has 3 heterocycles. The van der Waals surface area contributed by atoms with Crippen LogP contribution in [0.1, 0.15) is 5.56 Å². The number of carbonyl (C=O) groups is 2. The molecule has 0 aliphatic carbocycles. The molecule has 3 aromatic rings. The Bertz CT molecular complexity index is 1120. The number of ether oxygens (including phenoxy) is 1. The van der Waals surface area contributed by atoms with Gasteiger partial charge in [0.05, 0.1) is 11.3 Å². The highest BCUT2D eigenvalue weighted by atomic mass is 19.4. The number of imide groups is 1. The molecule has 1 aliphatic heterocycles. The van der Waals surface area contributed by atoms with Gasteiger partial charge < -0.3 is 10.1 Å². The van der Waals surface area contributed by atoms with Crippen molar-refractivity contribution in [3.63, 3.8) is 0 Å². The average molecular weight is 414 g/mol. The quantitative estimate of drug-likeness (QED) is 0.682. The predicted octanol–water partition coefficient (Wildman–Crippen LogP) is 4.12. The number of urea groups is 1. The van der Waals surface area contributed by atoms with Gasteiger partial charge in [-0.05, 0) is 36.4 Å². The molecule has 3 amide bonds. The Labute approximate surface area is 168 Å². The normalized spacial score (nSPS) is 13.4. The maximum absolute atomic E-state index is 13.0. The van der Waals surface area contributed by atoms with E-state index in [9.17, 15) is 22.8 Å². The molecule has 0 spiro atoms. The average Bonchev–Trinajstić information content (AvgIpc) is 2.73. The molecule has 1 aliphatic rings. The zero-order valence-electron chi connectivity index (χ0n) is 15.2. The zero-order chi connectivity index (χ0) is 21.3. The third kappa shape index (κ3) is 3.79. The van der Waals surface area contributed by atoms with E-state index in [0.29, 0.717) is 5.69 Å². The molecule has 10 heteroatoms. The number of anilines is 2. The minimum Gasteiger partial charge on any atom is -0.480 e. The molecular formula is C20H13F3N4O3. The van der Waals surface area contributed by atoms with Gasteiger partial charge in [-0.1, -0.05) is 12.1 Å². The number of amides is 3. The summed E-state index contributed by atoms with van der Waals surface area (Å²) in [4.78, 5) is 33.9. The van der Waals surface area contributed by atoms with Crippen LogP contribution in [0, 0.1) is 0 Å². The highest BCUT2D eigenvalue weighted by Crippen LogP contribution is 2.35. The minimum atomic E-state index is -4.51. The molecule has 1 aromatic carbocycles. The van der Waals surface area contributed by atoms with Crippen molar-refractivity contribution in [2.75, 3.05) is 16.8 Å². The summed E-state index contributed by atoms with van der Waals surface area (Å²) in [6, 6.07) is 9.83. The first-order chi connectivity index (χ1) is 14.3. The van der Waals surface area contributed by atoms with Crippen LogP contribution in [-0.4, -0.2) is 28.5 Å². The highest BCUT2D eigenvalue weighted by Gasteiger charge is 2.34. The van der Waals surface area contributed by atoms with E-state index in [1.807, 2.05) is 0 Å². The molecule has 152 valence electrons. The number of rotatable bonds is 2. The van der Waals surface area contributed by atoms with Crippen LogP contribution in [0.2, 0.25) is 0 Å². The molecule has 2 aromatic heterocycles. The van der Waals surface area contributed by atoms with Crippen molar-refractivity contribution in [3.8, 4) is 17.0 Å². The van der Waals surface area contributed by atoms with Crippen LogP contribution in [0.4, 0.5) is 29.5 Å². The number of halogens is 3. The summed E-state index contributed by atoms with van der Waals surface area (Å²) in [5, 5.41) is 2.55. The first-order valence-electron chi connectivity index (χ1n) is 8.68. The summed E-state index contributed by atoms with van der Waals surface area (Å²) in [6.45, 7) is -0.374. The molecule has 0 saturated heterocycles. The van der Waals surface area contributed by atoms with E-state index >= 15 is 0 Å². The number of nitrogens with one attached hydrogen (secondary N) is 1. The van der Waals surface area contributed by atoms with E-state index in [-0.39, 0.29) is 29.4 Å². The lowest BCUT2D eigenvalue weighted by atomic mass is 10.1. The molecule has 1 N–H and O–H groups in total. The Balaban J connectivity index is 1.71. The molecule has 0 radical (unpaired) electrons. The van der Waals surface area contributed by atoms with Gasteiger partial charge >= 0.3 is 12.2 Å². The highest BCUT2D eigenvalue weighted by molar-refractivity contribution is 6.19. The topological polar surface area (TPSA) is 84.4 Å². The molecule has 7 nitrogen and oxygen atoms in total. The Morgan fingerprint density at radius 3 is 2.60 bits per heavy atom. The van der Waals surface area contributed by atoms with Gasteiger partial charge in [-0.15, -0.1) is 0 Å². The number of fused-ring (bicyclic) bond motifs is 1. The molecule has 0 bridgehead atoms. The van der Waals surface area contributed by atoms with Crippen molar-refractivity contribution in [2.24, 2.45) is 0 Å². The lowest BCUT2D eigenvalue weighted by molar-refractivity contribution is -0.137. The van der Waals surface area contributed by atoms with Crippen molar-refractivity contribution in [1.29, 1.82) is 0 Å². The second-order valence-corrected chi connectivity index (χ2v) is 6.28. The van der Waals surface area contributed by atoms with E-state index in [4.69, 9.17) is 4.74 Å². The molecular weight excluding hydrogens is 401 g/mol. The van der Waals surface area contributed by atoms with Crippen LogP contribution < -0.4 is 15.0 Å². The minimum absolute atomic E-state index is 0.104. The van der Waals surface area contributed by atoms with E-state index in [2.05, 4.69) is 15.3 Å². The third-order valence-corrected chi connectivity index (χ3v) is 4.27. The predicted molar refractivity (Wildman–Crippen MR) is 101 cm³/mol. The molecule has 0 fully saturated rings. The van der Waals surface area contributed by atoms with Crippen molar-refractivity contribution in [2.45, 2.75) is 6.18 Å². The Morgan fingerprint density at radius 2 is 1.87 bits per heavy atom. The number of aromatic nitrogens is 2. The van der Waals surface area contributed by atoms with Gasteiger partial charge in [-0.3, -0.25) is 9.78 Å². The monoisotopic (exact) mass is 414 g/mol. The Kier molecular flexibility index (Phi) is 4.82. The molecule has 30 heavy (non-hydrogen) atoms. The Hall–Kier alpha value is -3.95. The number of pyridine rings is 2. The lowest BCUT2D eigenvalue weighted by Gasteiger charge is -2.27.